The van der Waals surface area contributed by atoms with Crippen LogP contribution >= 0.6 is 11.6 Å². The van der Waals surface area contributed by atoms with Crippen molar-refractivity contribution in [2.75, 3.05) is 32.7 Å². The third-order valence-electron chi connectivity index (χ3n) is 6.54. The van der Waals surface area contributed by atoms with Gasteiger partial charge in [0.1, 0.15) is 5.54 Å². The Morgan fingerprint density at radius 3 is 2.32 bits per heavy atom. The topological polar surface area (TPSA) is 85.0 Å². The standard InChI is InChI=1S/C22H30ClN5O3/c23-18-6-4-17(5-7-18)16-27-14-12-26(13-15-27)11-8-19(29)25-28-20(30)22(24-21(28)31)9-2-1-3-10-22/h4-7H,1-3,8-16H2,(H,24,31)(H,25,29). The molecule has 9 heteroatoms. The van der Waals surface area contributed by atoms with Crippen LogP contribution in [0.2, 0.25) is 5.02 Å². The molecular weight excluding hydrogens is 418 g/mol. The zero-order valence-corrected chi connectivity index (χ0v) is 18.5. The van der Waals surface area contributed by atoms with Gasteiger partial charge in [-0.15, -0.1) is 0 Å². The zero-order valence-electron chi connectivity index (χ0n) is 17.7. The quantitative estimate of drug-likeness (QED) is 0.652. The molecule has 1 aliphatic carbocycles. The van der Waals surface area contributed by atoms with Gasteiger partial charge < -0.3 is 10.2 Å². The van der Waals surface area contributed by atoms with E-state index >= 15 is 0 Å². The molecular formula is C22H30ClN5O3. The summed E-state index contributed by atoms with van der Waals surface area (Å²) in [5, 5.41) is 4.44. The Balaban J connectivity index is 1.19. The summed E-state index contributed by atoms with van der Waals surface area (Å²) in [5.74, 6) is -0.624. The zero-order chi connectivity index (χ0) is 21.8. The highest BCUT2D eigenvalue weighted by atomic mass is 35.5. The van der Waals surface area contributed by atoms with E-state index in [1.165, 1.54) is 5.56 Å². The largest absolute Gasteiger partial charge is 0.344 e. The molecule has 0 unspecified atom stereocenters. The van der Waals surface area contributed by atoms with Crippen molar-refractivity contribution in [3.05, 3.63) is 34.9 Å². The Kier molecular flexibility index (Phi) is 6.79. The van der Waals surface area contributed by atoms with Gasteiger partial charge >= 0.3 is 6.03 Å². The van der Waals surface area contributed by atoms with Crippen molar-refractivity contribution < 1.29 is 14.4 Å². The van der Waals surface area contributed by atoms with Crippen LogP contribution in [0.3, 0.4) is 0 Å². The molecule has 2 aliphatic heterocycles. The fraction of sp³-hybridized carbons (Fsp3) is 0.591. The van der Waals surface area contributed by atoms with E-state index in [1.54, 1.807) is 0 Å². The number of benzene rings is 1. The van der Waals surface area contributed by atoms with Gasteiger partial charge in [0.25, 0.3) is 5.91 Å². The SMILES string of the molecule is O=C(CCN1CCN(Cc2ccc(Cl)cc2)CC1)NN1C(=O)NC2(CCCCC2)C1=O. The summed E-state index contributed by atoms with van der Waals surface area (Å²) in [6, 6.07) is 7.40. The number of halogens is 1. The smallest absolute Gasteiger partial charge is 0.322 e. The van der Waals surface area contributed by atoms with E-state index in [9.17, 15) is 14.4 Å². The number of urea groups is 1. The van der Waals surface area contributed by atoms with Gasteiger partial charge in [-0.3, -0.25) is 19.9 Å². The van der Waals surface area contributed by atoms with Gasteiger partial charge in [-0.25, -0.2) is 4.79 Å². The summed E-state index contributed by atoms with van der Waals surface area (Å²) >= 11 is 5.94. The summed E-state index contributed by atoms with van der Waals surface area (Å²) in [4.78, 5) is 42.0. The molecule has 0 atom stereocenters. The third kappa shape index (κ3) is 5.19. The molecule has 1 spiro atoms. The molecule has 2 N–H and O–H groups in total. The van der Waals surface area contributed by atoms with Crippen LogP contribution in [-0.2, 0) is 16.1 Å². The minimum absolute atomic E-state index is 0.251. The van der Waals surface area contributed by atoms with Crippen molar-refractivity contribution >= 4 is 29.4 Å². The number of hydrazine groups is 1. The molecule has 4 rings (SSSR count). The number of nitrogens with zero attached hydrogens (tertiary/aromatic N) is 3. The second kappa shape index (κ2) is 9.54. The average molecular weight is 448 g/mol. The van der Waals surface area contributed by atoms with Crippen LogP contribution in [0.5, 0.6) is 0 Å². The van der Waals surface area contributed by atoms with Gasteiger partial charge in [0.05, 0.1) is 0 Å². The van der Waals surface area contributed by atoms with Gasteiger partial charge in [0, 0.05) is 50.7 Å². The lowest BCUT2D eigenvalue weighted by Gasteiger charge is -2.34. The van der Waals surface area contributed by atoms with E-state index < -0.39 is 11.6 Å². The molecule has 4 amide bonds. The minimum Gasteiger partial charge on any atom is -0.322 e. The predicted molar refractivity (Wildman–Crippen MR) is 117 cm³/mol. The monoisotopic (exact) mass is 447 g/mol. The van der Waals surface area contributed by atoms with E-state index in [0.717, 1.165) is 62.0 Å². The van der Waals surface area contributed by atoms with Crippen LogP contribution in [0.1, 0.15) is 44.1 Å². The number of carbonyl (C=O) groups excluding carboxylic acids is 3. The maximum Gasteiger partial charge on any atom is 0.344 e. The normalized spacial score (nSPS) is 22.0. The van der Waals surface area contributed by atoms with E-state index in [1.807, 2.05) is 24.3 Å². The fourth-order valence-corrected chi connectivity index (χ4v) is 4.80. The summed E-state index contributed by atoms with van der Waals surface area (Å²) in [5.41, 5.74) is 2.94. The number of hydrogen-bond acceptors (Lipinski definition) is 5. The third-order valence-corrected chi connectivity index (χ3v) is 6.80. The molecule has 0 aromatic heterocycles. The van der Waals surface area contributed by atoms with Gasteiger partial charge in [0.2, 0.25) is 5.91 Å². The average Bonchev–Trinajstić information content (AvgIpc) is 2.99. The van der Waals surface area contributed by atoms with Crippen molar-refractivity contribution in [3.63, 3.8) is 0 Å². The summed E-state index contributed by atoms with van der Waals surface area (Å²) < 4.78 is 0. The van der Waals surface area contributed by atoms with Crippen LogP contribution in [-0.4, -0.2) is 70.9 Å². The van der Waals surface area contributed by atoms with Gasteiger partial charge in [-0.1, -0.05) is 43.0 Å². The second-order valence-corrected chi connectivity index (χ2v) is 9.18. The highest BCUT2D eigenvalue weighted by Gasteiger charge is 2.52. The Labute approximate surface area is 187 Å². The number of amides is 4. The maximum atomic E-state index is 12.7. The maximum absolute atomic E-state index is 12.7. The van der Waals surface area contributed by atoms with Crippen LogP contribution in [0.4, 0.5) is 4.79 Å². The number of hydrogen-bond donors (Lipinski definition) is 2. The molecule has 3 fully saturated rings. The molecule has 2 heterocycles. The minimum atomic E-state index is -0.816. The van der Waals surface area contributed by atoms with Crippen LogP contribution in [0.25, 0.3) is 0 Å². The molecule has 8 nitrogen and oxygen atoms in total. The highest BCUT2D eigenvalue weighted by Crippen LogP contribution is 2.33. The Morgan fingerprint density at radius 2 is 1.65 bits per heavy atom. The lowest BCUT2D eigenvalue weighted by molar-refractivity contribution is -0.140. The van der Waals surface area contributed by atoms with E-state index in [2.05, 4.69) is 20.5 Å². The summed E-state index contributed by atoms with van der Waals surface area (Å²) in [6.07, 6.45) is 4.44. The number of carbonyl (C=O) groups is 3. The lowest BCUT2D eigenvalue weighted by Crippen LogP contribution is -2.51. The second-order valence-electron chi connectivity index (χ2n) is 8.74. The molecule has 1 aromatic carbocycles. The number of piperazine rings is 1. The molecule has 3 aliphatic rings. The van der Waals surface area contributed by atoms with E-state index in [0.29, 0.717) is 19.4 Å². The van der Waals surface area contributed by atoms with Crippen LogP contribution < -0.4 is 10.7 Å². The first-order valence-electron chi connectivity index (χ1n) is 11.1. The van der Waals surface area contributed by atoms with Crippen molar-refractivity contribution in [2.45, 2.75) is 50.6 Å². The summed E-state index contributed by atoms with van der Waals surface area (Å²) in [7, 11) is 0. The van der Waals surface area contributed by atoms with Crippen molar-refractivity contribution in [2.24, 2.45) is 0 Å². The molecule has 2 saturated heterocycles. The van der Waals surface area contributed by atoms with Crippen molar-refractivity contribution in [1.29, 1.82) is 0 Å². The van der Waals surface area contributed by atoms with Gasteiger partial charge in [0.15, 0.2) is 0 Å². The first-order valence-corrected chi connectivity index (χ1v) is 11.5. The molecule has 31 heavy (non-hydrogen) atoms. The predicted octanol–water partition coefficient (Wildman–Crippen LogP) is 2.13. The molecule has 168 valence electrons. The fourth-order valence-electron chi connectivity index (χ4n) is 4.68. The van der Waals surface area contributed by atoms with Crippen LogP contribution in [0, 0.1) is 0 Å². The first kappa shape index (κ1) is 22.0. The van der Waals surface area contributed by atoms with E-state index in [-0.39, 0.29) is 18.2 Å². The Bertz CT molecular complexity index is 817. The lowest BCUT2D eigenvalue weighted by atomic mass is 9.82. The molecule has 0 bridgehead atoms. The number of nitrogens with one attached hydrogen (secondary N) is 2. The van der Waals surface area contributed by atoms with Gasteiger partial charge in [-0.2, -0.15) is 5.01 Å². The van der Waals surface area contributed by atoms with E-state index in [4.69, 9.17) is 11.6 Å². The first-order chi connectivity index (χ1) is 14.9. The van der Waals surface area contributed by atoms with Gasteiger partial charge in [-0.05, 0) is 30.5 Å². The van der Waals surface area contributed by atoms with Crippen LogP contribution in [0.15, 0.2) is 24.3 Å². The summed E-state index contributed by atoms with van der Waals surface area (Å²) in [6.45, 7) is 5.12. The van der Waals surface area contributed by atoms with Crippen molar-refractivity contribution in [3.8, 4) is 0 Å². The Morgan fingerprint density at radius 1 is 1.00 bits per heavy atom. The number of imide groups is 1. The van der Waals surface area contributed by atoms with Crippen molar-refractivity contribution in [1.82, 2.24) is 25.6 Å². The highest BCUT2D eigenvalue weighted by molar-refractivity contribution is 6.30. The molecule has 1 saturated carbocycles. The number of rotatable bonds is 6. The Hall–Kier alpha value is -2.16. The molecule has 0 radical (unpaired) electrons. The molecule has 1 aromatic rings.